The lowest BCUT2D eigenvalue weighted by Gasteiger charge is -2.15. The van der Waals surface area contributed by atoms with Crippen molar-refractivity contribution >= 4 is 38.8 Å². The zero-order valence-corrected chi connectivity index (χ0v) is 20.8. The predicted octanol–water partition coefficient (Wildman–Crippen LogP) is 6.11. The summed E-state index contributed by atoms with van der Waals surface area (Å²) in [4.78, 5) is 12.0. The summed E-state index contributed by atoms with van der Waals surface area (Å²) in [6.45, 7) is 2.66. The lowest BCUT2D eigenvalue weighted by atomic mass is 10.1. The van der Waals surface area contributed by atoms with Crippen molar-refractivity contribution < 1.29 is 19.0 Å². The Morgan fingerprint density at radius 1 is 0.943 bits per heavy atom. The quantitative estimate of drug-likeness (QED) is 0.197. The van der Waals surface area contributed by atoms with E-state index in [0.717, 1.165) is 21.0 Å². The maximum Gasteiger partial charge on any atom is 0.277 e. The van der Waals surface area contributed by atoms with Gasteiger partial charge in [-0.05, 0) is 69.0 Å². The molecule has 1 amide bonds. The fourth-order valence-electron chi connectivity index (χ4n) is 3.51. The van der Waals surface area contributed by atoms with Crippen LogP contribution in [0.5, 0.6) is 17.2 Å². The van der Waals surface area contributed by atoms with Gasteiger partial charge in [0.25, 0.3) is 5.91 Å². The summed E-state index contributed by atoms with van der Waals surface area (Å²) in [5.74, 6) is 1.46. The predicted molar refractivity (Wildman–Crippen MR) is 141 cm³/mol. The first-order valence-electron chi connectivity index (χ1n) is 11.2. The van der Waals surface area contributed by atoms with Crippen LogP contribution in [0.25, 0.3) is 10.8 Å². The molecule has 0 atom stereocenters. The molecule has 0 aliphatic rings. The fraction of sp³-hybridized carbons (Fsp3) is 0.143. The number of hydrogen-bond donors (Lipinski definition) is 1. The first-order chi connectivity index (χ1) is 17.1. The molecule has 35 heavy (non-hydrogen) atoms. The molecule has 1 N–H and O–H groups in total. The molecule has 0 heterocycles. The van der Waals surface area contributed by atoms with E-state index in [4.69, 9.17) is 14.2 Å². The van der Waals surface area contributed by atoms with Gasteiger partial charge in [0.1, 0.15) is 12.4 Å². The minimum atomic E-state index is -0.357. The van der Waals surface area contributed by atoms with Crippen LogP contribution in [0.15, 0.2) is 94.5 Å². The van der Waals surface area contributed by atoms with Crippen LogP contribution in [0.4, 0.5) is 0 Å². The average Bonchev–Trinajstić information content (AvgIpc) is 2.88. The fourth-order valence-corrected chi connectivity index (χ4v) is 4.08. The molecule has 0 aliphatic heterocycles. The summed E-state index contributed by atoms with van der Waals surface area (Å²) in [6, 6.07) is 27.2. The third-order valence-electron chi connectivity index (χ3n) is 5.10. The molecule has 4 aromatic carbocycles. The van der Waals surface area contributed by atoms with Gasteiger partial charge in [0.2, 0.25) is 0 Å². The van der Waals surface area contributed by atoms with Crippen molar-refractivity contribution in [2.75, 3.05) is 13.2 Å². The highest BCUT2D eigenvalue weighted by molar-refractivity contribution is 9.10. The summed E-state index contributed by atoms with van der Waals surface area (Å²) in [5.41, 5.74) is 4.29. The van der Waals surface area contributed by atoms with Gasteiger partial charge in [-0.25, -0.2) is 5.43 Å². The summed E-state index contributed by atoms with van der Waals surface area (Å²) < 4.78 is 18.2. The second-order valence-electron chi connectivity index (χ2n) is 7.58. The number of carbonyl (C=O) groups excluding carboxylic acids is 1. The number of nitrogens with zero attached hydrogens (tertiary/aromatic N) is 1. The highest BCUT2D eigenvalue weighted by Gasteiger charge is 2.13. The number of benzene rings is 4. The molecule has 6 nitrogen and oxygen atoms in total. The van der Waals surface area contributed by atoms with E-state index in [1.165, 1.54) is 5.39 Å². The van der Waals surface area contributed by atoms with Crippen LogP contribution in [-0.2, 0) is 11.4 Å². The van der Waals surface area contributed by atoms with E-state index >= 15 is 0 Å². The maximum atomic E-state index is 12.0. The second-order valence-corrected chi connectivity index (χ2v) is 8.44. The normalized spacial score (nSPS) is 10.9. The van der Waals surface area contributed by atoms with Crippen LogP contribution < -0.4 is 19.6 Å². The Kier molecular flexibility index (Phi) is 8.35. The molecule has 0 radical (unpaired) electrons. The minimum Gasteiger partial charge on any atom is -0.490 e. The molecule has 4 rings (SSSR count). The molecule has 0 fully saturated rings. The Morgan fingerprint density at radius 2 is 1.71 bits per heavy atom. The molecule has 0 saturated heterocycles. The lowest BCUT2D eigenvalue weighted by molar-refractivity contribution is -0.123. The molecule has 4 aromatic rings. The monoisotopic (exact) mass is 532 g/mol. The van der Waals surface area contributed by atoms with Crippen LogP contribution >= 0.6 is 15.9 Å². The average molecular weight is 533 g/mol. The van der Waals surface area contributed by atoms with E-state index in [-0.39, 0.29) is 12.5 Å². The smallest absolute Gasteiger partial charge is 0.277 e. The Bertz CT molecular complexity index is 1320. The van der Waals surface area contributed by atoms with Crippen LogP contribution in [0, 0.1) is 0 Å². The van der Waals surface area contributed by atoms with E-state index < -0.39 is 0 Å². The van der Waals surface area contributed by atoms with Crippen molar-refractivity contribution in [3.05, 3.63) is 101 Å². The molecule has 0 unspecified atom stereocenters. The third-order valence-corrected chi connectivity index (χ3v) is 5.69. The van der Waals surface area contributed by atoms with Gasteiger partial charge in [0.05, 0.1) is 17.3 Å². The summed E-state index contributed by atoms with van der Waals surface area (Å²) in [6.07, 6.45) is 1.54. The van der Waals surface area contributed by atoms with E-state index in [9.17, 15) is 4.79 Å². The van der Waals surface area contributed by atoms with Gasteiger partial charge in [-0.2, -0.15) is 5.10 Å². The highest BCUT2D eigenvalue weighted by atomic mass is 79.9. The SMILES string of the molecule is CCOc1cc(/C=N\NC(=O)COc2ccccc2)cc(Br)c1OCc1cccc2ccccc12. The van der Waals surface area contributed by atoms with Gasteiger partial charge in [0.15, 0.2) is 18.1 Å². The first kappa shape index (κ1) is 24.3. The zero-order chi connectivity index (χ0) is 24.5. The molecular formula is C28H25BrN2O4. The van der Waals surface area contributed by atoms with Gasteiger partial charge >= 0.3 is 0 Å². The van der Waals surface area contributed by atoms with Crippen LogP contribution in [0.1, 0.15) is 18.1 Å². The number of nitrogens with one attached hydrogen (secondary N) is 1. The molecule has 0 aliphatic carbocycles. The Morgan fingerprint density at radius 3 is 2.54 bits per heavy atom. The Balaban J connectivity index is 1.42. The van der Waals surface area contributed by atoms with E-state index in [1.54, 1.807) is 18.3 Å². The second kappa shape index (κ2) is 12.0. The lowest BCUT2D eigenvalue weighted by Crippen LogP contribution is -2.24. The van der Waals surface area contributed by atoms with Crippen LogP contribution in [0.3, 0.4) is 0 Å². The van der Waals surface area contributed by atoms with Crippen molar-refractivity contribution in [1.29, 1.82) is 0 Å². The van der Waals surface area contributed by atoms with Crippen LogP contribution in [0.2, 0.25) is 0 Å². The Hall–Kier alpha value is -3.84. The standard InChI is InChI=1S/C28H25BrN2O4/c1-2-33-26-16-20(17-30-31-27(32)19-34-23-12-4-3-5-13-23)15-25(29)28(26)35-18-22-11-8-10-21-9-6-7-14-24(21)22/h3-17H,2,18-19H2,1H3,(H,31,32)/b30-17-. The number of fused-ring (bicyclic) bond motifs is 1. The van der Waals surface area contributed by atoms with Gasteiger partial charge < -0.3 is 14.2 Å². The maximum absolute atomic E-state index is 12.0. The van der Waals surface area contributed by atoms with E-state index in [0.29, 0.717) is 30.5 Å². The molecule has 0 aromatic heterocycles. The van der Waals surface area contributed by atoms with Crippen molar-refractivity contribution in [3.63, 3.8) is 0 Å². The minimum absolute atomic E-state index is 0.129. The van der Waals surface area contributed by atoms with Crippen LogP contribution in [-0.4, -0.2) is 25.3 Å². The van der Waals surface area contributed by atoms with Gasteiger partial charge in [-0.1, -0.05) is 60.7 Å². The molecule has 0 bridgehead atoms. The van der Waals surface area contributed by atoms with Gasteiger partial charge in [0, 0.05) is 0 Å². The summed E-state index contributed by atoms with van der Waals surface area (Å²) >= 11 is 3.59. The number of amides is 1. The number of hydrogen-bond acceptors (Lipinski definition) is 5. The molecular weight excluding hydrogens is 508 g/mol. The molecule has 178 valence electrons. The third kappa shape index (κ3) is 6.61. The van der Waals surface area contributed by atoms with E-state index in [1.807, 2.05) is 55.5 Å². The Labute approximate surface area is 212 Å². The number of rotatable bonds is 10. The topological polar surface area (TPSA) is 69.2 Å². The number of carbonyl (C=O) groups is 1. The summed E-state index contributed by atoms with van der Waals surface area (Å²) in [5, 5.41) is 6.35. The molecule has 7 heteroatoms. The summed E-state index contributed by atoms with van der Waals surface area (Å²) in [7, 11) is 0. The zero-order valence-electron chi connectivity index (χ0n) is 19.2. The molecule has 0 saturated carbocycles. The number of para-hydroxylation sites is 1. The van der Waals surface area contributed by atoms with Crippen molar-refractivity contribution in [3.8, 4) is 17.2 Å². The highest BCUT2D eigenvalue weighted by Crippen LogP contribution is 2.37. The number of halogens is 1. The van der Waals surface area contributed by atoms with Crippen molar-refractivity contribution in [1.82, 2.24) is 5.43 Å². The molecule has 0 spiro atoms. The largest absolute Gasteiger partial charge is 0.490 e. The first-order valence-corrected chi connectivity index (χ1v) is 12.0. The van der Waals surface area contributed by atoms with Crippen molar-refractivity contribution in [2.45, 2.75) is 13.5 Å². The van der Waals surface area contributed by atoms with E-state index in [2.05, 4.69) is 50.7 Å². The van der Waals surface area contributed by atoms with Crippen molar-refractivity contribution in [2.24, 2.45) is 5.10 Å². The number of hydrazone groups is 1. The van der Waals surface area contributed by atoms with Gasteiger partial charge in [-0.15, -0.1) is 0 Å². The number of ether oxygens (including phenoxy) is 3. The van der Waals surface area contributed by atoms with Gasteiger partial charge in [-0.3, -0.25) is 4.79 Å².